The molecule has 0 radical (unpaired) electrons. The Bertz CT molecular complexity index is 1150. The fourth-order valence-corrected chi connectivity index (χ4v) is 3.97. The van der Waals surface area contributed by atoms with E-state index in [9.17, 15) is 4.79 Å². The van der Waals surface area contributed by atoms with E-state index in [1.54, 1.807) is 12.5 Å². The monoisotopic (exact) mass is 390 g/mol. The molecule has 1 atom stereocenters. The Labute approximate surface area is 166 Å². The lowest BCUT2D eigenvalue weighted by molar-refractivity contribution is -0.120. The van der Waals surface area contributed by atoms with E-state index in [0.29, 0.717) is 0 Å². The van der Waals surface area contributed by atoms with Crippen LogP contribution in [0, 0.1) is 0 Å². The first kappa shape index (κ1) is 17.5. The molecular formula is C20H22N8O. The standard InChI is InChI=1S/C20H22N8O/c29-18(10-22-16-4-1-5-17-15(16)9-25-27-17)26-13-3-2-8-28(11-13)20-14-6-7-21-19(14)23-12-24-20/h1,4-7,9,12-13,22H,2-3,8,10-11H2,(H,25,27)(H,26,29)(H,21,23,24)/t13-/m0/s1. The van der Waals surface area contributed by atoms with Crippen LogP contribution in [0.2, 0.25) is 0 Å². The highest BCUT2D eigenvalue weighted by molar-refractivity contribution is 5.92. The summed E-state index contributed by atoms with van der Waals surface area (Å²) in [5, 5.41) is 15.3. The van der Waals surface area contributed by atoms with Crippen molar-refractivity contribution in [2.75, 3.05) is 29.9 Å². The molecule has 148 valence electrons. The first-order valence-corrected chi connectivity index (χ1v) is 9.76. The molecule has 1 aliphatic heterocycles. The van der Waals surface area contributed by atoms with Crippen LogP contribution < -0.4 is 15.5 Å². The highest BCUT2D eigenvalue weighted by atomic mass is 16.2. The number of piperidine rings is 1. The Morgan fingerprint density at radius 3 is 3.17 bits per heavy atom. The highest BCUT2D eigenvalue weighted by Crippen LogP contribution is 2.25. The lowest BCUT2D eigenvalue weighted by atomic mass is 10.1. The van der Waals surface area contributed by atoms with Crippen LogP contribution >= 0.6 is 0 Å². The van der Waals surface area contributed by atoms with E-state index in [0.717, 1.165) is 59.4 Å². The molecule has 1 fully saturated rings. The average Bonchev–Trinajstić information content (AvgIpc) is 3.41. The van der Waals surface area contributed by atoms with E-state index >= 15 is 0 Å². The molecule has 1 saturated heterocycles. The number of anilines is 2. The van der Waals surface area contributed by atoms with Crippen molar-refractivity contribution in [3.63, 3.8) is 0 Å². The van der Waals surface area contributed by atoms with Gasteiger partial charge in [0, 0.05) is 36.4 Å². The van der Waals surface area contributed by atoms with Gasteiger partial charge in [0.05, 0.1) is 23.6 Å². The quantitative estimate of drug-likeness (QED) is 0.415. The first-order valence-electron chi connectivity index (χ1n) is 9.76. The molecule has 0 aliphatic carbocycles. The topological polar surface area (TPSA) is 115 Å². The number of rotatable bonds is 5. The van der Waals surface area contributed by atoms with Crippen LogP contribution in [0.15, 0.2) is 43.0 Å². The van der Waals surface area contributed by atoms with Crippen LogP contribution in [0.4, 0.5) is 11.5 Å². The van der Waals surface area contributed by atoms with Crippen LogP contribution in [0.5, 0.6) is 0 Å². The maximum absolute atomic E-state index is 12.5. The van der Waals surface area contributed by atoms with Gasteiger partial charge in [0.2, 0.25) is 5.91 Å². The van der Waals surface area contributed by atoms with Crippen molar-refractivity contribution >= 4 is 39.3 Å². The summed E-state index contributed by atoms with van der Waals surface area (Å²) in [5.41, 5.74) is 2.67. The molecule has 1 aromatic carbocycles. The third-order valence-electron chi connectivity index (χ3n) is 5.34. The molecule has 4 aromatic rings. The Morgan fingerprint density at radius 1 is 1.24 bits per heavy atom. The summed E-state index contributed by atoms with van der Waals surface area (Å²) >= 11 is 0. The summed E-state index contributed by atoms with van der Waals surface area (Å²) in [6.45, 7) is 1.88. The summed E-state index contributed by atoms with van der Waals surface area (Å²) < 4.78 is 0. The molecule has 0 saturated carbocycles. The number of carbonyl (C=O) groups excluding carboxylic acids is 1. The lowest BCUT2D eigenvalue weighted by Crippen LogP contribution is -2.49. The molecular weight excluding hydrogens is 368 g/mol. The minimum absolute atomic E-state index is 0.0215. The summed E-state index contributed by atoms with van der Waals surface area (Å²) in [5.74, 6) is 0.895. The van der Waals surface area contributed by atoms with Crippen molar-refractivity contribution < 1.29 is 4.79 Å². The number of aromatic amines is 2. The minimum Gasteiger partial charge on any atom is -0.376 e. The molecule has 0 unspecified atom stereocenters. The minimum atomic E-state index is -0.0215. The maximum atomic E-state index is 12.5. The zero-order valence-electron chi connectivity index (χ0n) is 15.9. The van der Waals surface area contributed by atoms with Crippen molar-refractivity contribution in [1.29, 1.82) is 0 Å². The SMILES string of the molecule is O=C(CNc1cccc2[nH]ncc12)N[C@H]1CCCN(c2ncnc3[nH]ccc23)C1. The first-order chi connectivity index (χ1) is 14.3. The summed E-state index contributed by atoms with van der Waals surface area (Å²) in [4.78, 5) is 26.6. The van der Waals surface area contributed by atoms with Crippen molar-refractivity contribution in [2.24, 2.45) is 0 Å². The second kappa shape index (κ2) is 7.42. The third-order valence-corrected chi connectivity index (χ3v) is 5.34. The normalized spacial score (nSPS) is 17.0. The predicted molar refractivity (Wildman–Crippen MR) is 112 cm³/mol. The number of amides is 1. The average molecular weight is 390 g/mol. The van der Waals surface area contributed by atoms with E-state index in [2.05, 4.69) is 40.7 Å². The Kier molecular flexibility index (Phi) is 4.47. The van der Waals surface area contributed by atoms with Gasteiger partial charge in [0.15, 0.2) is 0 Å². The van der Waals surface area contributed by atoms with Gasteiger partial charge in [-0.1, -0.05) is 6.07 Å². The van der Waals surface area contributed by atoms with E-state index < -0.39 is 0 Å². The largest absolute Gasteiger partial charge is 0.376 e. The maximum Gasteiger partial charge on any atom is 0.239 e. The molecule has 0 bridgehead atoms. The second-order valence-corrected chi connectivity index (χ2v) is 7.28. The van der Waals surface area contributed by atoms with Gasteiger partial charge >= 0.3 is 0 Å². The number of H-pyrrole nitrogens is 2. The third kappa shape index (κ3) is 3.46. The molecule has 4 N–H and O–H groups in total. The van der Waals surface area contributed by atoms with Gasteiger partial charge in [-0.25, -0.2) is 9.97 Å². The molecule has 3 aromatic heterocycles. The number of benzene rings is 1. The molecule has 1 aliphatic rings. The van der Waals surface area contributed by atoms with Gasteiger partial charge in [-0.2, -0.15) is 5.10 Å². The lowest BCUT2D eigenvalue weighted by Gasteiger charge is -2.34. The molecule has 9 heteroatoms. The van der Waals surface area contributed by atoms with Crippen molar-refractivity contribution in [3.8, 4) is 0 Å². The fourth-order valence-electron chi connectivity index (χ4n) is 3.97. The number of nitrogens with one attached hydrogen (secondary N) is 4. The van der Waals surface area contributed by atoms with Gasteiger partial charge < -0.3 is 20.5 Å². The van der Waals surface area contributed by atoms with Crippen LogP contribution in [-0.2, 0) is 4.79 Å². The second-order valence-electron chi connectivity index (χ2n) is 7.28. The van der Waals surface area contributed by atoms with Gasteiger partial charge in [-0.3, -0.25) is 9.89 Å². The molecule has 4 heterocycles. The van der Waals surface area contributed by atoms with E-state index in [1.807, 2.05) is 30.5 Å². The fraction of sp³-hybridized carbons (Fsp3) is 0.300. The van der Waals surface area contributed by atoms with E-state index in [-0.39, 0.29) is 18.5 Å². The summed E-state index contributed by atoms with van der Waals surface area (Å²) in [7, 11) is 0. The molecule has 0 spiro atoms. The Morgan fingerprint density at radius 2 is 2.21 bits per heavy atom. The Balaban J connectivity index is 1.22. The van der Waals surface area contributed by atoms with Gasteiger partial charge in [-0.05, 0) is 31.0 Å². The van der Waals surface area contributed by atoms with Gasteiger partial charge in [-0.15, -0.1) is 0 Å². The van der Waals surface area contributed by atoms with Crippen molar-refractivity contribution in [3.05, 3.63) is 43.0 Å². The van der Waals surface area contributed by atoms with Crippen LogP contribution in [0.1, 0.15) is 12.8 Å². The number of fused-ring (bicyclic) bond motifs is 2. The summed E-state index contributed by atoms with van der Waals surface area (Å²) in [6, 6.07) is 7.92. The van der Waals surface area contributed by atoms with Crippen LogP contribution in [0.25, 0.3) is 21.9 Å². The zero-order chi connectivity index (χ0) is 19.6. The van der Waals surface area contributed by atoms with Crippen molar-refractivity contribution in [2.45, 2.75) is 18.9 Å². The zero-order valence-corrected chi connectivity index (χ0v) is 15.9. The van der Waals surface area contributed by atoms with Gasteiger partial charge in [0.1, 0.15) is 17.8 Å². The number of nitrogens with zero attached hydrogens (tertiary/aromatic N) is 4. The smallest absolute Gasteiger partial charge is 0.239 e. The van der Waals surface area contributed by atoms with Crippen LogP contribution in [-0.4, -0.2) is 56.7 Å². The molecule has 1 amide bonds. The number of aromatic nitrogens is 5. The highest BCUT2D eigenvalue weighted by Gasteiger charge is 2.23. The number of carbonyl (C=O) groups is 1. The molecule has 5 rings (SSSR count). The number of hydrogen-bond acceptors (Lipinski definition) is 6. The van der Waals surface area contributed by atoms with E-state index in [1.165, 1.54) is 0 Å². The predicted octanol–water partition coefficient (Wildman–Crippen LogP) is 2.03. The van der Waals surface area contributed by atoms with Crippen molar-refractivity contribution in [1.82, 2.24) is 30.5 Å². The number of hydrogen-bond donors (Lipinski definition) is 4. The molecule has 9 nitrogen and oxygen atoms in total. The Hall–Kier alpha value is -3.62. The van der Waals surface area contributed by atoms with Gasteiger partial charge in [0.25, 0.3) is 0 Å². The van der Waals surface area contributed by atoms with E-state index in [4.69, 9.17) is 0 Å². The summed E-state index contributed by atoms with van der Waals surface area (Å²) in [6.07, 6.45) is 7.18. The molecule has 29 heavy (non-hydrogen) atoms. The van der Waals surface area contributed by atoms with Crippen LogP contribution in [0.3, 0.4) is 0 Å².